The number of allylic oxidation sites excluding steroid dienone is 1. The number of aryl methyl sites for hydroxylation is 1. The van der Waals surface area contributed by atoms with Gasteiger partial charge >= 0.3 is 12.1 Å². The highest BCUT2D eigenvalue weighted by Gasteiger charge is 2.27. The Bertz CT molecular complexity index is 1570. The van der Waals surface area contributed by atoms with Crippen LogP contribution in [0.2, 0.25) is 0 Å². The van der Waals surface area contributed by atoms with E-state index in [2.05, 4.69) is 51.9 Å². The van der Waals surface area contributed by atoms with Crippen molar-refractivity contribution in [1.82, 2.24) is 24.5 Å². The lowest BCUT2D eigenvalue weighted by molar-refractivity contribution is 0.205. The maximum atomic E-state index is 11.2. The van der Waals surface area contributed by atoms with Gasteiger partial charge in [0.15, 0.2) is 5.65 Å². The van der Waals surface area contributed by atoms with Crippen LogP contribution in [0.15, 0.2) is 42.9 Å². The Morgan fingerprint density at radius 1 is 1.16 bits per heavy atom. The summed E-state index contributed by atoms with van der Waals surface area (Å²) in [6.07, 6.45) is 7.69. The lowest BCUT2D eigenvalue weighted by Crippen LogP contribution is -2.29. The van der Waals surface area contributed by atoms with Crippen molar-refractivity contribution in [1.29, 1.82) is 0 Å². The molecule has 0 fully saturated rings. The van der Waals surface area contributed by atoms with Gasteiger partial charge in [0.2, 0.25) is 0 Å². The van der Waals surface area contributed by atoms with Gasteiger partial charge in [0, 0.05) is 36.5 Å². The number of benzene rings is 1. The Hall–Kier alpha value is -4.47. The molecular weight excluding hydrogens is 470 g/mol. The lowest BCUT2D eigenvalue weighted by atomic mass is 9.81. The third kappa shape index (κ3) is 4.24. The third-order valence-electron chi connectivity index (χ3n) is 6.84. The fourth-order valence-corrected chi connectivity index (χ4v) is 4.96. The summed E-state index contributed by atoms with van der Waals surface area (Å²) in [6, 6.07) is 8.23. The van der Waals surface area contributed by atoms with Crippen molar-refractivity contribution < 1.29 is 14.3 Å². The molecule has 37 heavy (non-hydrogen) atoms. The van der Waals surface area contributed by atoms with Crippen molar-refractivity contribution in [2.45, 2.75) is 26.8 Å². The topological polar surface area (TPSA) is 121 Å². The number of nitrogens with two attached hydrogens (primary N) is 1. The second-order valence-electron chi connectivity index (χ2n) is 10.1. The largest absolute Gasteiger partial charge is 0.491 e. The van der Waals surface area contributed by atoms with Gasteiger partial charge < -0.3 is 20.1 Å². The molecule has 188 valence electrons. The van der Waals surface area contributed by atoms with Gasteiger partial charge in [-0.25, -0.2) is 19.7 Å². The van der Waals surface area contributed by atoms with E-state index in [4.69, 9.17) is 20.2 Å². The molecule has 0 radical (unpaired) electrons. The van der Waals surface area contributed by atoms with Crippen LogP contribution < -0.4 is 20.1 Å². The number of carbonyl (C=O) groups excluding carboxylic acids is 1. The first-order valence-electron chi connectivity index (χ1n) is 12.1. The second kappa shape index (κ2) is 8.58. The molecule has 0 spiro atoms. The number of hydrogen-bond donors (Lipinski definition) is 1. The van der Waals surface area contributed by atoms with Crippen LogP contribution in [0.1, 0.15) is 30.7 Å². The molecule has 0 bridgehead atoms. The Morgan fingerprint density at radius 3 is 2.86 bits per heavy atom. The predicted octanol–water partition coefficient (Wildman–Crippen LogP) is 3.88. The molecule has 4 heterocycles. The number of primary amides is 1. The highest BCUT2D eigenvalue weighted by atomic mass is 16.6. The van der Waals surface area contributed by atoms with E-state index >= 15 is 0 Å². The van der Waals surface area contributed by atoms with E-state index in [0.29, 0.717) is 18.8 Å². The van der Waals surface area contributed by atoms with Crippen LogP contribution in [-0.4, -0.2) is 43.7 Å². The number of anilines is 1. The van der Waals surface area contributed by atoms with Gasteiger partial charge in [0.1, 0.15) is 24.5 Å². The minimum Gasteiger partial charge on any atom is -0.491 e. The maximum absolute atomic E-state index is 11.2. The van der Waals surface area contributed by atoms with Gasteiger partial charge in [-0.15, -0.1) is 0 Å². The molecule has 6 rings (SSSR count). The van der Waals surface area contributed by atoms with E-state index in [1.807, 2.05) is 18.2 Å². The normalized spacial score (nSPS) is 16.0. The van der Waals surface area contributed by atoms with Crippen molar-refractivity contribution in [2.75, 3.05) is 18.1 Å². The zero-order valence-electron chi connectivity index (χ0n) is 20.9. The van der Waals surface area contributed by atoms with Gasteiger partial charge in [-0.05, 0) is 41.7 Å². The molecule has 1 amide bonds. The first-order valence-corrected chi connectivity index (χ1v) is 12.1. The van der Waals surface area contributed by atoms with Crippen LogP contribution in [0.5, 0.6) is 11.8 Å². The number of nitrogens with zero attached hydrogens (tertiary/aromatic N) is 6. The van der Waals surface area contributed by atoms with Crippen molar-refractivity contribution in [2.24, 2.45) is 18.2 Å². The molecule has 0 atom stereocenters. The summed E-state index contributed by atoms with van der Waals surface area (Å²) in [5.41, 5.74) is 11.5. The van der Waals surface area contributed by atoms with Crippen LogP contribution in [-0.2, 0) is 20.0 Å². The predicted molar refractivity (Wildman–Crippen MR) is 139 cm³/mol. The van der Waals surface area contributed by atoms with Crippen molar-refractivity contribution in [3.63, 3.8) is 0 Å². The zero-order valence-corrected chi connectivity index (χ0v) is 20.9. The molecule has 1 aliphatic heterocycles. The van der Waals surface area contributed by atoms with E-state index in [1.54, 1.807) is 24.1 Å². The number of imidazole rings is 1. The maximum Gasteiger partial charge on any atom is 0.412 e. The Labute approximate surface area is 213 Å². The Morgan fingerprint density at radius 2 is 2.03 bits per heavy atom. The van der Waals surface area contributed by atoms with E-state index in [-0.39, 0.29) is 11.4 Å². The van der Waals surface area contributed by atoms with Crippen LogP contribution >= 0.6 is 0 Å². The quantitative estimate of drug-likeness (QED) is 0.453. The van der Waals surface area contributed by atoms with Gasteiger partial charge in [-0.3, -0.25) is 4.57 Å². The smallest absolute Gasteiger partial charge is 0.412 e. The number of pyridine rings is 1. The molecule has 0 unspecified atom stereocenters. The molecule has 10 heteroatoms. The molecular formula is C27H27N7O3. The average molecular weight is 498 g/mol. The number of aromatic nitrogens is 5. The highest BCUT2D eigenvalue weighted by Crippen LogP contribution is 2.37. The van der Waals surface area contributed by atoms with Crippen molar-refractivity contribution in [3.8, 4) is 22.9 Å². The van der Waals surface area contributed by atoms with Crippen LogP contribution in [0.4, 0.5) is 10.6 Å². The van der Waals surface area contributed by atoms with Crippen molar-refractivity contribution >= 4 is 29.2 Å². The highest BCUT2D eigenvalue weighted by molar-refractivity contribution is 5.80. The van der Waals surface area contributed by atoms with Gasteiger partial charge in [-0.1, -0.05) is 26.0 Å². The molecule has 1 aromatic carbocycles. The Balaban J connectivity index is 1.35. The monoisotopic (exact) mass is 497 g/mol. The number of fused-ring (bicyclic) bond motifs is 3. The number of ether oxygens (including phenoxy) is 2. The zero-order chi connectivity index (χ0) is 25.7. The average Bonchev–Trinajstić information content (AvgIpc) is 3.03. The molecule has 2 N–H and O–H groups in total. The second-order valence-corrected chi connectivity index (χ2v) is 10.1. The molecule has 0 saturated heterocycles. The van der Waals surface area contributed by atoms with Crippen molar-refractivity contribution in [3.05, 3.63) is 59.7 Å². The molecule has 0 saturated carbocycles. The number of rotatable bonds is 3. The third-order valence-corrected chi connectivity index (χ3v) is 6.84. The number of amides is 1. The summed E-state index contributed by atoms with van der Waals surface area (Å²) < 4.78 is 12.8. The Kier molecular flexibility index (Phi) is 5.32. The fourth-order valence-electron chi connectivity index (χ4n) is 4.96. The van der Waals surface area contributed by atoms with Gasteiger partial charge in [-0.2, -0.15) is 4.98 Å². The summed E-state index contributed by atoms with van der Waals surface area (Å²) in [7, 11) is 1.75. The SMILES string of the molecule is Cn1c(OC(N)=O)nc2ncc(-c3ccc4c(c3)CN(c3ncnc5c3CC(C)(C)C=C5)CCO4)cc21. The summed E-state index contributed by atoms with van der Waals surface area (Å²) in [5.74, 6) is 1.82. The molecule has 2 aliphatic rings. The van der Waals surface area contributed by atoms with Gasteiger partial charge in [0.05, 0.1) is 17.8 Å². The standard InChI is InChI=1S/C27H27N7O3/c1-27(2)7-6-20-19(12-27)24(31-15-30-20)34-8-9-36-22-5-4-16(10-18(22)14-34)17-11-21-23(29-13-17)32-26(33(21)3)37-25(28)35/h4-7,10-11,13,15H,8-9,12,14H2,1-3H3,(H2,28,35). The van der Waals surface area contributed by atoms with Crippen LogP contribution in [0.25, 0.3) is 28.4 Å². The van der Waals surface area contributed by atoms with Gasteiger partial charge in [0.25, 0.3) is 0 Å². The number of carbonyl (C=O) groups is 1. The minimum absolute atomic E-state index is 0.0552. The first kappa shape index (κ1) is 23.0. The molecule has 10 nitrogen and oxygen atoms in total. The first-order chi connectivity index (χ1) is 17.8. The summed E-state index contributed by atoms with van der Waals surface area (Å²) in [5, 5.41) is 0. The van der Waals surface area contributed by atoms with E-state index in [0.717, 1.165) is 52.4 Å². The molecule has 1 aliphatic carbocycles. The lowest BCUT2D eigenvalue weighted by Gasteiger charge is -2.30. The van der Waals surface area contributed by atoms with E-state index < -0.39 is 6.09 Å². The minimum atomic E-state index is -0.918. The summed E-state index contributed by atoms with van der Waals surface area (Å²) >= 11 is 0. The van der Waals surface area contributed by atoms with Crippen LogP contribution in [0, 0.1) is 5.41 Å². The molecule has 3 aromatic heterocycles. The number of hydrogen-bond acceptors (Lipinski definition) is 8. The summed E-state index contributed by atoms with van der Waals surface area (Å²) in [4.78, 5) is 31.4. The fraction of sp³-hybridized carbons (Fsp3) is 0.296. The van der Waals surface area contributed by atoms with Crippen LogP contribution in [0.3, 0.4) is 0 Å². The van der Waals surface area contributed by atoms with E-state index in [1.165, 1.54) is 5.56 Å². The summed E-state index contributed by atoms with van der Waals surface area (Å²) in [6.45, 7) is 6.41. The molecule has 4 aromatic rings. The van der Waals surface area contributed by atoms with E-state index in [9.17, 15) is 4.79 Å².